The molecule has 6 nitrogen and oxygen atoms in total. The van der Waals surface area contributed by atoms with Gasteiger partial charge in [-0.2, -0.15) is 0 Å². The lowest BCUT2D eigenvalue weighted by molar-refractivity contribution is -0.115. The van der Waals surface area contributed by atoms with Gasteiger partial charge in [0.05, 0.1) is 24.4 Å². The van der Waals surface area contributed by atoms with Crippen molar-refractivity contribution in [3.05, 3.63) is 64.3 Å². The van der Waals surface area contributed by atoms with E-state index in [9.17, 15) is 4.79 Å². The van der Waals surface area contributed by atoms with Gasteiger partial charge in [0.1, 0.15) is 5.75 Å². The minimum atomic E-state index is -0.105. The van der Waals surface area contributed by atoms with Crippen LogP contribution in [-0.2, 0) is 24.2 Å². The number of nitrogens with zero attached hydrogens (tertiary/aromatic N) is 2. The predicted octanol–water partition coefficient (Wildman–Crippen LogP) is 3.84. The maximum Gasteiger partial charge on any atom is 0.228 e. The third-order valence-electron chi connectivity index (χ3n) is 4.93. The lowest BCUT2D eigenvalue weighted by atomic mass is 10.1. The Morgan fingerprint density at radius 2 is 2.11 bits per heavy atom. The van der Waals surface area contributed by atoms with Gasteiger partial charge >= 0.3 is 0 Å². The summed E-state index contributed by atoms with van der Waals surface area (Å²) in [6.07, 6.45) is 2.89. The second-order valence-electron chi connectivity index (χ2n) is 6.88. The van der Waals surface area contributed by atoms with Crippen LogP contribution in [0, 0.1) is 0 Å². The first kappa shape index (κ1) is 17.0. The van der Waals surface area contributed by atoms with Crippen LogP contribution in [0.4, 0.5) is 11.6 Å². The zero-order valence-corrected chi connectivity index (χ0v) is 15.7. The fourth-order valence-corrected chi connectivity index (χ4v) is 3.75. The fraction of sp³-hybridized carbons (Fsp3) is 0.190. The molecule has 1 aromatic heterocycles. The molecule has 0 fully saturated rings. The summed E-state index contributed by atoms with van der Waals surface area (Å²) < 4.78 is 5.55. The Balaban J connectivity index is 1.44. The fourth-order valence-electron chi connectivity index (χ4n) is 3.58. The van der Waals surface area contributed by atoms with Gasteiger partial charge in [0.2, 0.25) is 11.9 Å². The number of fused-ring (bicyclic) bond motifs is 4. The molecular formula is C21H17ClN4O2. The summed E-state index contributed by atoms with van der Waals surface area (Å²) in [7, 11) is 0. The Bertz CT molecular complexity index is 1100. The lowest BCUT2D eigenvalue weighted by Crippen LogP contribution is -2.13. The number of anilines is 2. The minimum absolute atomic E-state index is 0.105. The van der Waals surface area contributed by atoms with E-state index in [2.05, 4.69) is 26.7 Å². The Hall–Kier alpha value is -3.12. The number of nitrogens with one attached hydrogen (secondary N) is 2. The normalized spacial score (nSPS) is 14.2. The number of ether oxygens (including phenoxy) is 1. The number of rotatable bonds is 3. The monoisotopic (exact) mass is 392 g/mol. The number of benzene rings is 2. The van der Waals surface area contributed by atoms with Gasteiger partial charge in [-0.05, 0) is 35.4 Å². The van der Waals surface area contributed by atoms with E-state index in [0.29, 0.717) is 23.2 Å². The number of amides is 1. The number of aromatic nitrogens is 2. The number of carbonyl (C=O) groups excluding carboxylic acids is 1. The van der Waals surface area contributed by atoms with Crippen molar-refractivity contribution in [2.45, 2.75) is 19.4 Å². The van der Waals surface area contributed by atoms with E-state index in [1.807, 2.05) is 18.2 Å². The summed E-state index contributed by atoms with van der Waals surface area (Å²) in [6.45, 7) is 1.35. The quantitative estimate of drug-likeness (QED) is 0.708. The van der Waals surface area contributed by atoms with E-state index in [1.165, 1.54) is 5.56 Å². The van der Waals surface area contributed by atoms with Gasteiger partial charge in [0.25, 0.3) is 0 Å². The van der Waals surface area contributed by atoms with Crippen molar-refractivity contribution in [3.63, 3.8) is 0 Å². The summed E-state index contributed by atoms with van der Waals surface area (Å²) in [6, 6.07) is 11.6. The topological polar surface area (TPSA) is 76.1 Å². The highest BCUT2D eigenvalue weighted by Crippen LogP contribution is 2.34. The first-order valence-corrected chi connectivity index (χ1v) is 9.48. The van der Waals surface area contributed by atoms with E-state index in [-0.39, 0.29) is 12.3 Å². The van der Waals surface area contributed by atoms with Crippen LogP contribution in [-0.4, -0.2) is 22.5 Å². The Morgan fingerprint density at radius 1 is 1.18 bits per heavy atom. The van der Waals surface area contributed by atoms with Crippen LogP contribution in [0.3, 0.4) is 0 Å². The third kappa shape index (κ3) is 3.16. The van der Waals surface area contributed by atoms with Gasteiger partial charge < -0.3 is 15.4 Å². The van der Waals surface area contributed by atoms with Crippen LogP contribution in [0.5, 0.6) is 5.75 Å². The van der Waals surface area contributed by atoms with E-state index >= 15 is 0 Å². The van der Waals surface area contributed by atoms with Crippen LogP contribution in [0.2, 0.25) is 5.02 Å². The largest absolute Gasteiger partial charge is 0.493 e. The SMILES string of the molecule is O=C1Cc2cnc(NCc3ccc4c(c3)CCO4)nc2-c2ccc(Cl)cc2N1. The summed E-state index contributed by atoms with van der Waals surface area (Å²) in [5.41, 5.74) is 5.41. The highest BCUT2D eigenvalue weighted by atomic mass is 35.5. The van der Waals surface area contributed by atoms with Crippen LogP contribution < -0.4 is 15.4 Å². The molecule has 2 aliphatic rings. The predicted molar refractivity (Wildman–Crippen MR) is 108 cm³/mol. The smallest absolute Gasteiger partial charge is 0.228 e. The molecule has 1 amide bonds. The zero-order chi connectivity index (χ0) is 19.1. The molecule has 0 bridgehead atoms. The van der Waals surface area contributed by atoms with Crippen LogP contribution in [0.1, 0.15) is 16.7 Å². The van der Waals surface area contributed by atoms with E-state index < -0.39 is 0 Å². The summed E-state index contributed by atoms with van der Waals surface area (Å²) in [4.78, 5) is 21.3. The Labute approximate surface area is 166 Å². The minimum Gasteiger partial charge on any atom is -0.493 e. The molecule has 7 heteroatoms. The van der Waals surface area contributed by atoms with E-state index in [0.717, 1.165) is 41.2 Å². The van der Waals surface area contributed by atoms with Gasteiger partial charge in [-0.1, -0.05) is 23.7 Å². The van der Waals surface area contributed by atoms with Gasteiger partial charge in [-0.25, -0.2) is 9.97 Å². The Kier molecular flexibility index (Phi) is 4.13. The highest BCUT2D eigenvalue weighted by molar-refractivity contribution is 6.31. The third-order valence-corrected chi connectivity index (χ3v) is 5.17. The van der Waals surface area contributed by atoms with Crippen molar-refractivity contribution in [2.24, 2.45) is 0 Å². The van der Waals surface area contributed by atoms with Gasteiger partial charge in [-0.15, -0.1) is 0 Å². The molecule has 5 rings (SSSR count). The molecule has 0 saturated carbocycles. The molecule has 3 heterocycles. The lowest BCUT2D eigenvalue weighted by Gasteiger charge is -2.11. The first-order valence-electron chi connectivity index (χ1n) is 9.10. The molecule has 2 aliphatic heterocycles. The summed E-state index contributed by atoms with van der Waals surface area (Å²) in [5.74, 6) is 1.38. The number of carbonyl (C=O) groups is 1. The molecule has 0 atom stereocenters. The molecule has 3 aromatic rings. The van der Waals surface area contributed by atoms with Crippen LogP contribution in [0.15, 0.2) is 42.6 Å². The zero-order valence-electron chi connectivity index (χ0n) is 15.0. The van der Waals surface area contributed by atoms with Gasteiger partial charge in [0, 0.05) is 35.3 Å². The van der Waals surface area contributed by atoms with Crippen molar-refractivity contribution in [3.8, 4) is 17.0 Å². The van der Waals surface area contributed by atoms with Crippen molar-refractivity contribution >= 4 is 29.1 Å². The van der Waals surface area contributed by atoms with Crippen molar-refractivity contribution in [2.75, 3.05) is 17.2 Å². The molecule has 0 saturated heterocycles. The Morgan fingerprint density at radius 3 is 3.04 bits per heavy atom. The van der Waals surface area contributed by atoms with Crippen LogP contribution >= 0.6 is 11.6 Å². The molecule has 2 aromatic carbocycles. The summed E-state index contributed by atoms with van der Waals surface area (Å²) in [5, 5.41) is 6.73. The maximum atomic E-state index is 12.2. The first-order chi connectivity index (χ1) is 13.7. The molecule has 28 heavy (non-hydrogen) atoms. The highest BCUT2D eigenvalue weighted by Gasteiger charge is 2.21. The average molecular weight is 393 g/mol. The second-order valence-corrected chi connectivity index (χ2v) is 7.31. The van der Waals surface area contributed by atoms with Gasteiger partial charge in [0.15, 0.2) is 0 Å². The molecule has 2 N–H and O–H groups in total. The number of hydrogen-bond donors (Lipinski definition) is 2. The molecule has 0 unspecified atom stereocenters. The molecular weight excluding hydrogens is 376 g/mol. The average Bonchev–Trinajstić information content (AvgIpc) is 3.10. The van der Waals surface area contributed by atoms with Crippen molar-refractivity contribution in [1.29, 1.82) is 0 Å². The van der Waals surface area contributed by atoms with Crippen molar-refractivity contribution < 1.29 is 9.53 Å². The van der Waals surface area contributed by atoms with E-state index in [4.69, 9.17) is 16.3 Å². The molecule has 0 radical (unpaired) electrons. The van der Waals surface area contributed by atoms with Gasteiger partial charge in [-0.3, -0.25) is 4.79 Å². The maximum absolute atomic E-state index is 12.2. The standard InChI is InChI=1S/C21H17ClN4O2/c22-15-2-3-16-17(9-15)25-19(27)8-14-11-24-21(26-20(14)16)23-10-12-1-4-18-13(7-12)5-6-28-18/h1-4,7,9,11H,5-6,8,10H2,(H,25,27)(H,23,24,26). The second kappa shape index (κ2) is 6.80. The van der Waals surface area contributed by atoms with Crippen LogP contribution in [0.25, 0.3) is 11.3 Å². The summed E-state index contributed by atoms with van der Waals surface area (Å²) >= 11 is 6.09. The molecule has 0 spiro atoms. The number of halogens is 1. The number of hydrogen-bond acceptors (Lipinski definition) is 5. The molecule has 140 valence electrons. The molecule has 0 aliphatic carbocycles. The van der Waals surface area contributed by atoms with E-state index in [1.54, 1.807) is 18.3 Å². The van der Waals surface area contributed by atoms with Crippen molar-refractivity contribution in [1.82, 2.24) is 9.97 Å².